The van der Waals surface area contributed by atoms with Crippen LogP contribution in [0.25, 0.3) is 0 Å². The summed E-state index contributed by atoms with van der Waals surface area (Å²) in [5.74, 6) is 0. The molecule has 0 N–H and O–H groups in total. The van der Waals surface area contributed by atoms with Crippen LogP contribution in [-0.2, 0) is 5.41 Å². The summed E-state index contributed by atoms with van der Waals surface area (Å²) in [6.07, 6.45) is 1.85. The molecule has 0 radical (unpaired) electrons. The third kappa shape index (κ3) is 2.19. The second-order valence-corrected chi connectivity index (χ2v) is 5.66. The minimum absolute atomic E-state index is 0.111. The van der Waals surface area contributed by atoms with Crippen LogP contribution in [0.2, 0.25) is 0 Å². The van der Waals surface area contributed by atoms with E-state index >= 15 is 0 Å². The lowest BCUT2D eigenvalue weighted by atomic mass is 9.92. The molecule has 1 aromatic heterocycles. The van der Waals surface area contributed by atoms with Crippen molar-refractivity contribution in [1.29, 1.82) is 0 Å². The highest BCUT2D eigenvalue weighted by Crippen LogP contribution is 2.30. The monoisotopic (exact) mass is 339 g/mol. The normalized spacial score (nSPS) is 11.8. The second-order valence-electron chi connectivity index (χ2n) is 3.71. The van der Waals surface area contributed by atoms with Crippen molar-refractivity contribution < 1.29 is 0 Å². The molecule has 0 aliphatic carbocycles. The van der Waals surface area contributed by atoms with Crippen molar-refractivity contribution in [2.24, 2.45) is 0 Å². The molecule has 66 valence electrons. The molecule has 0 aromatic carbocycles. The fourth-order valence-electron chi connectivity index (χ4n) is 0.943. The summed E-state index contributed by atoms with van der Waals surface area (Å²) in [4.78, 5) is 4.36. The highest BCUT2D eigenvalue weighted by atomic mass is 127. The van der Waals surface area contributed by atoms with Gasteiger partial charge in [0.15, 0.2) is 0 Å². The van der Waals surface area contributed by atoms with E-state index in [1.54, 1.807) is 0 Å². The van der Waals surface area contributed by atoms with Gasteiger partial charge in [-0.2, -0.15) is 0 Å². The molecule has 1 aromatic rings. The van der Waals surface area contributed by atoms with E-state index in [1.807, 2.05) is 12.3 Å². The van der Waals surface area contributed by atoms with Crippen molar-refractivity contribution >= 4 is 38.5 Å². The molecule has 0 aliphatic rings. The Labute approximate surface area is 95.2 Å². The van der Waals surface area contributed by atoms with Gasteiger partial charge in [-0.05, 0) is 44.6 Å². The van der Waals surface area contributed by atoms with E-state index in [4.69, 9.17) is 0 Å². The Hall–Kier alpha value is 0.360. The van der Waals surface area contributed by atoms with Gasteiger partial charge >= 0.3 is 0 Å². The summed E-state index contributed by atoms with van der Waals surface area (Å²) in [5.41, 5.74) is 1.23. The van der Waals surface area contributed by atoms with Crippen molar-refractivity contribution in [2.75, 3.05) is 0 Å². The molecule has 0 atom stereocenters. The fourth-order valence-corrected chi connectivity index (χ4v) is 2.19. The molecule has 1 nitrogen and oxygen atoms in total. The van der Waals surface area contributed by atoms with Gasteiger partial charge in [-0.15, -0.1) is 0 Å². The van der Waals surface area contributed by atoms with Gasteiger partial charge in [0.2, 0.25) is 0 Å². The highest BCUT2D eigenvalue weighted by molar-refractivity contribution is 14.1. The molecule has 0 spiro atoms. The van der Waals surface area contributed by atoms with Crippen LogP contribution in [-0.4, -0.2) is 4.98 Å². The predicted molar refractivity (Wildman–Crippen MR) is 63.4 cm³/mol. The molecule has 1 rings (SSSR count). The van der Waals surface area contributed by atoms with E-state index in [0.29, 0.717) is 0 Å². The van der Waals surface area contributed by atoms with Crippen LogP contribution in [0.1, 0.15) is 26.5 Å². The van der Waals surface area contributed by atoms with E-state index < -0.39 is 0 Å². The summed E-state index contributed by atoms with van der Waals surface area (Å²) in [6, 6.07) is 2.00. The largest absolute Gasteiger partial charge is 0.259 e. The van der Waals surface area contributed by atoms with Gasteiger partial charge in [0.05, 0.1) is 10.2 Å². The van der Waals surface area contributed by atoms with Gasteiger partial charge in [-0.3, -0.25) is 4.98 Å². The Morgan fingerprint density at radius 2 is 2.00 bits per heavy atom. The standard InChI is InChI=1S/C9H11BrIN/c1-9(2,3)8-7(10)6(11)4-5-12-8/h4-5H,1-3H3. The smallest absolute Gasteiger partial charge is 0.0609 e. The van der Waals surface area contributed by atoms with Gasteiger partial charge in [-0.1, -0.05) is 20.8 Å². The van der Waals surface area contributed by atoms with Crippen molar-refractivity contribution in [2.45, 2.75) is 26.2 Å². The zero-order valence-electron chi connectivity index (χ0n) is 7.36. The van der Waals surface area contributed by atoms with Crippen LogP contribution < -0.4 is 0 Å². The van der Waals surface area contributed by atoms with Crippen molar-refractivity contribution in [3.05, 3.63) is 26.0 Å². The second kappa shape index (κ2) is 3.62. The molecule has 0 saturated carbocycles. The molecule has 0 fully saturated rings. The van der Waals surface area contributed by atoms with Gasteiger partial charge in [-0.25, -0.2) is 0 Å². The fraction of sp³-hybridized carbons (Fsp3) is 0.444. The lowest BCUT2D eigenvalue weighted by Crippen LogP contribution is -2.14. The molecule has 0 saturated heterocycles. The maximum Gasteiger partial charge on any atom is 0.0609 e. The topological polar surface area (TPSA) is 12.9 Å². The van der Waals surface area contributed by atoms with Crippen LogP contribution in [0.4, 0.5) is 0 Å². The summed E-state index contributed by atoms with van der Waals surface area (Å²) < 4.78 is 2.34. The van der Waals surface area contributed by atoms with Crippen LogP contribution in [0.3, 0.4) is 0 Å². The summed E-state index contributed by atoms with van der Waals surface area (Å²) in [7, 11) is 0. The van der Waals surface area contributed by atoms with E-state index in [9.17, 15) is 0 Å². The first-order chi connectivity index (χ1) is 5.43. The maximum atomic E-state index is 4.36. The van der Waals surface area contributed by atoms with Crippen LogP contribution >= 0.6 is 38.5 Å². The van der Waals surface area contributed by atoms with Crippen molar-refractivity contribution in [3.63, 3.8) is 0 Å². The summed E-state index contributed by atoms with van der Waals surface area (Å²) in [6.45, 7) is 6.49. The third-order valence-corrected chi connectivity index (χ3v) is 4.00. The quantitative estimate of drug-likeness (QED) is 0.656. The van der Waals surface area contributed by atoms with Crippen molar-refractivity contribution in [3.8, 4) is 0 Å². The van der Waals surface area contributed by atoms with Crippen LogP contribution in [0, 0.1) is 3.57 Å². The number of rotatable bonds is 0. The van der Waals surface area contributed by atoms with E-state index in [-0.39, 0.29) is 5.41 Å². The highest BCUT2D eigenvalue weighted by Gasteiger charge is 2.19. The Bertz CT molecular complexity index is 291. The minimum Gasteiger partial charge on any atom is -0.259 e. The number of hydrogen-bond donors (Lipinski definition) is 0. The Kier molecular flexibility index (Phi) is 3.15. The number of hydrogen-bond acceptors (Lipinski definition) is 1. The first kappa shape index (κ1) is 10.4. The first-order valence-corrected chi connectivity index (χ1v) is 5.60. The Morgan fingerprint density at radius 1 is 1.42 bits per heavy atom. The molecular weight excluding hydrogens is 329 g/mol. The number of aromatic nitrogens is 1. The van der Waals surface area contributed by atoms with E-state index in [1.165, 1.54) is 3.57 Å². The molecule has 0 unspecified atom stereocenters. The average Bonchev–Trinajstić information content (AvgIpc) is 1.92. The van der Waals surface area contributed by atoms with Crippen LogP contribution in [0.15, 0.2) is 16.7 Å². The van der Waals surface area contributed by atoms with Gasteiger partial charge in [0.1, 0.15) is 0 Å². The summed E-state index contributed by atoms with van der Waals surface area (Å²) >= 11 is 5.85. The zero-order chi connectivity index (χ0) is 9.35. The molecule has 0 aliphatic heterocycles. The maximum absolute atomic E-state index is 4.36. The molecule has 0 bridgehead atoms. The number of pyridine rings is 1. The minimum atomic E-state index is 0.111. The van der Waals surface area contributed by atoms with Crippen LogP contribution in [0.5, 0.6) is 0 Å². The lowest BCUT2D eigenvalue weighted by molar-refractivity contribution is 0.564. The molecule has 1 heterocycles. The molecule has 3 heteroatoms. The molecule has 12 heavy (non-hydrogen) atoms. The molecular formula is C9H11BrIN. The van der Waals surface area contributed by atoms with Gasteiger partial charge in [0.25, 0.3) is 0 Å². The first-order valence-electron chi connectivity index (χ1n) is 3.73. The van der Waals surface area contributed by atoms with Crippen molar-refractivity contribution in [1.82, 2.24) is 4.98 Å². The average molecular weight is 340 g/mol. The Balaban J connectivity index is 3.26. The SMILES string of the molecule is CC(C)(C)c1nccc(I)c1Br. The Morgan fingerprint density at radius 3 is 2.42 bits per heavy atom. The molecule has 0 amide bonds. The third-order valence-electron chi connectivity index (χ3n) is 1.55. The summed E-state index contributed by atoms with van der Waals surface area (Å²) in [5, 5.41) is 0. The van der Waals surface area contributed by atoms with Gasteiger partial charge in [0, 0.05) is 15.2 Å². The predicted octanol–water partition coefficient (Wildman–Crippen LogP) is 3.75. The number of nitrogens with zero attached hydrogens (tertiary/aromatic N) is 1. The number of halogens is 2. The van der Waals surface area contributed by atoms with Gasteiger partial charge < -0.3 is 0 Å². The van der Waals surface area contributed by atoms with E-state index in [0.717, 1.165) is 10.2 Å². The lowest BCUT2D eigenvalue weighted by Gasteiger charge is -2.19. The van der Waals surface area contributed by atoms with E-state index in [2.05, 4.69) is 64.3 Å². The zero-order valence-corrected chi connectivity index (χ0v) is 11.1.